The van der Waals surface area contributed by atoms with Crippen molar-refractivity contribution >= 4 is 17.1 Å². The van der Waals surface area contributed by atoms with Crippen molar-refractivity contribution in [3.8, 4) is 22.5 Å². The van der Waals surface area contributed by atoms with E-state index in [0.717, 1.165) is 11.1 Å². The first-order chi connectivity index (χ1) is 17.4. The van der Waals surface area contributed by atoms with Gasteiger partial charge in [0.1, 0.15) is 17.2 Å². The third-order valence-electron chi connectivity index (χ3n) is 6.00. The molecule has 37 heavy (non-hydrogen) atoms. The number of rotatable bonds is 5. The number of nitrogens with one attached hydrogen (secondary N) is 2. The van der Waals surface area contributed by atoms with E-state index in [0.29, 0.717) is 34.0 Å². The third-order valence-corrected chi connectivity index (χ3v) is 6.00. The predicted octanol–water partition coefficient (Wildman–Crippen LogP) is 4.51. The maximum absolute atomic E-state index is 15.5. The number of carbonyl (C=O) groups is 1. The molecule has 0 saturated heterocycles. The minimum atomic E-state index is -1.05. The molecule has 0 aliphatic rings. The van der Waals surface area contributed by atoms with Gasteiger partial charge in [0.15, 0.2) is 5.65 Å². The van der Waals surface area contributed by atoms with Crippen LogP contribution >= 0.6 is 0 Å². The first-order valence-corrected chi connectivity index (χ1v) is 11.7. The number of halogens is 1. The van der Waals surface area contributed by atoms with Gasteiger partial charge in [0.2, 0.25) is 5.89 Å². The van der Waals surface area contributed by atoms with E-state index < -0.39 is 22.7 Å². The van der Waals surface area contributed by atoms with E-state index in [1.807, 2.05) is 34.0 Å². The third kappa shape index (κ3) is 4.59. The van der Waals surface area contributed by atoms with Crippen LogP contribution < -0.4 is 5.32 Å². The average molecular weight is 503 g/mol. The fourth-order valence-corrected chi connectivity index (χ4v) is 4.04. The number of carbonyl (C=O) groups excluding carboxylic acids is 1. The summed E-state index contributed by atoms with van der Waals surface area (Å²) in [5.74, 6) is -0.250. The van der Waals surface area contributed by atoms with Crippen LogP contribution in [0.1, 0.15) is 56.8 Å². The summed E-state index contributed by atoms with van der Waals surface area (Å²) < 4.78 is 22.7. The van der Waals surface area contributed by atoms with E-state index in [1.165, 1.54) is 6.07 Å². The second-order valence-corrected chi connectivity index (χ2v) is 10.5. The fourth-order valence-electron chi connectivity index (χ4n) is 4.04. The molecule has 1 aromatic carbocycles. The van der Waals surface area contributed by atoms with Crippen LogP contribution in [0.25, 0.3) is 33.7 Å². The Morgan fingerprint density at radius 3 is 2.54 bits per heavy atom. The Kier molecular flexibility index (Phi) is 5.65. The van der Waals surface area contributed by atoms with Gasteiger partial charge in [-0.25, -0.2) is 14.4 Å². The Balaban J connectivity index is 1.43. The van der Waals surface area contributed by atoms with Crippen molar-refractivity contribution in [2.45, 2.75) is 45.6 Å². The number of H-pyrrole nitrogens is 1. The quantitative estimate of drug-likeness (QED) is 0.362. The summed E-state index contributed by atoms with van der Waals surface area (Å²) in [4.78, 5) is 25.0. The van der Waals surface area contributed by atoms with E-state index in [-0.39, 0.29) is 5.89 Å². The van der Waals surface area contributed by atoms with Gasteiger partial charge in [-0.3, -0.25) is 9.48 Å². The van der Waals surface area contributed by atoms with Gasteiger partial charge in [0, 0.05) is 36.0 Å². The smallest absolute Gasteiger partial charge is 0.309 e. The molecule has 0 unspecified atom stereocenters. The molecule has 1 amide bonds. The Morgan fingerprint density at radius 1 is 1.11 bits per heavy atom. The highest BCUT2D eigenvalue weighted by atomic mass is 19.1. The number of pyridine rings is 1. The Hall–Kier alpha value is -4.41. The Morgan fingerprint density at radius 2 is 1.89 bits per heavy atom. The van der Waals surface area contributed by atoms with Crippen LogP contribution in [0.4, 0.5) is 4.39 Å². The van der Waals surface area contributed by atoms with Gasteiger partial charge < -0.3 is 14.7 Å². The van der Waals surface area contributed by atoms with Crippen molar-refractivity contribution < 1.29 is 13.6 Å². The highest BCUT2D eigenvalue weighted by molar-refractivity contribution is 5.92. The molecule has 5 aromatic rings. The number of imidazole rings is 1. The van der Waals surface area contributed by atoms with E-state index in [2.05, 4.69) is 30.6 Å². The van der Waals surface area contributed by atoms with Crippen molar-refractivity contribution in [2.24, 2.45) is 7.05 Å². The maximum atomic E-state index is 15.5. The summed E-state index contributed by atoms with van der Waals surface area (Å²) in [6, 6.07) is 6.67. The molecule has 4 aromatic heterocycles. The van der Waals surface area contributed by atoms with E-state index in [1.54, 1.807) is 49.1 Å². The molecule has 0 spiro atoms. The highest BCUT2D eigenvalue weighted by Gasteiger charge is 2.30. The molecule has 0 radical (unpaired) electrons. The standard InChI is InChI=1S/C26H27FN8O2/c1-25(2,3)24-34-33-23(37-24)22(36)32-26(4,5)17-8-7-14(11-18(17)27)16-9-10-28-21-19(16)30-20(31-21)15-12-29-35(6)13-15/h7-13H,1-6H3,(H,32,36)(H,28,30,31). The van der Waals surface area contributed by atoms with Crippen LogP contribution in [-0.4, -0.2) is 40.8 Å². The van der Waals surface area contributed by atoms with Crippen LogP contribution in [0.5, 0.6) is 0 Å². The summed E-state index contributed by atoms with van der Waals surface area (Å²) in [6.07, 6.45) is 5.20. The second-order valence-electron chi connectivity index (χ2n) is 10.5. The number of fused-ring (bicyclic) bond motifs is 1. The molecule has 4 heterocycles. The average Bonchev–Trinajstić information content (AvgIpc) is 3.56. The van der Waals surface area contributed by atoms with E-state index >= 15 is 4.39 Å². The lowest BCUT2D eigenvalue weighted by atomic mass is 9.91. The van der Waals surface area contributed by atoms with Crippen LogP contribution in [-0.2, 0) is 18.0 Å². The Labute approximate surface area is 212 Å². The molecule has 11 heteroatoms. The number of amides is 1. The summed E-state index contributed by atoms with van der Waals surface area (Å²) in [5.41, 5.74) is 2.24. The molecule has 5 rings (SSSR count). The first-order valence-electron chi connectivity index (χ1n) is 11.7. The van der Waals surface area contributed by atoms with Crippen LogP contribution in [0, 0.1) is 5.82 Å². The molecule has 0 aliphatic carbocycles. The van der Waals surface area contributed by atoms with Crippen molar-refractivity contribution in [3.05, 3.63) is 66.0 Å². The number of hydrogen-bond acceptors (Lipinski definition) is 7. The zero-order chi connectivity index (χ0) is 26.5. The minimum Gasteiger partial charge on any atom is -0.416 e. The molecule has 2 N–H and O–H groups in total. The van der Waals surface area contributed by atoms with Gasteiger partial charge in [-0.1, -0.05) is 32.9 Å². The van der Waals surface area contributed by atoms with Gasteiger partial charge >= 0.3 is 11.8 Å². The molecule has 10 nitrogen and oxygen atoms in total. The summed E-state index contributed by atoms with van der Waals surface area (Å²) >= 11 is 0. The van der Waals surface area contributed by atoms with E-state index in [4.69, 9.17) is 9.40 Å². The first kappa shape index (κ1) is 24.3. The lowest BCUT2D eigenvalue weighted by Crippen LogP contribution is -2.41. The molecule has 0 atom stereocenters. The molecule has 0 saturated carbocycles. The number of aromatic amines is 1. The Bertz CT molecular complexity index is 1620. The minimum absolute atomic E-state index is 0.169. The molecular weight excluding hydrogens is 475 g/mol. The lowest BCUT2D eigenvalue weighted by Gasteiger charge is -2.27. The van der Waals surface area contributed by atoms with Crippen LogP contribution in [0.15, 0.2) is 47.3 Å². The van der Waals surface area contributed by atoms with Crippen molar-refractivity contribution in [2.75, 3.05) is 0 Å². The number of aromatic nitrogens is 7. The second kappa shape index (κ2) is 8.61. The van der Waals surface area contributed by atoms with Gasteiger partial charge in [-0.2, -0.15) is 5.10 Å². The summed E-state index contributed by atoms with van der Waals surface area (Å²) in [7, 11) is 1.83. The number of hydrogen-bond donors (Lipinski definition) is 2. The van der Waals surface area contributed by atoms with Crippen molar-refractivity contribution in [1.29, 1.82) is 0 Å². The van der Waals surface area contributed by atoms with Gasteiger partial charge in [-0.15, -0.1) is 10.2 Å². The monoisotopic (exact) mass is 502 g/mol. The maximum Gasteiger partial charge on any atom is 0.309 e. The zero-order valence-electron chi connectivity index (χ0n) is 21.4. The van der Waals surface area contributed by atoms with Crippen molar-refractivity contribution in [1.82, 2.24) is 40.2 Å². The molecular formula is C26H27FN8O2. The number of aryl methyl sites for hydroxylation is 1. The predicted molar refractivity (Wildman–Crippen MR) is 135 cm³/mol. The largest absolute Gasteiger partial charge is 0.416 e. The SMILES string of the molecule is Cn1cc(-c2nc3c(-c4ccc(C(C)(C)NC(=O)c5nnc(C(C)(C)C)o5)c(F)c4)ccnc3[nH]2)cn1. The zero-order valence-corrected chi connectivity index (χ0v) is 21.4. The topological polar surface area (TPSA) is 127 Å². The fraction of sp³-hybridized carbons (Fsp3) is 0.308. The van der Waals surface area contributed by atoms with Crippen molar-refractivity contribution in [3.63, 3.8) is 0 Å². The van der Waals surface area contributed by atoms with Crippen LogP contribution in [0.3, 0.4) is 0 Å². The van der Waals surface area contributed by atoms with E-state index in [9.17, 15) is 4.79 Å². The summed E-state index contributed by atoms with van der Waals surface area (Å²) in [6.45, 7) is 9.14. The van der Waals surface area contributed by atoms with Gasteiger partial charge in [0.25, 0.3) is 0 Å². The summed E-state index contributed by atoms with van der Waals surface area (Å²) in [5, 5.41) is 14.8. The normalized spacial score (nSPS) is 12.3. The molecule has 0 fully saturated rings. The van der Waals surface area contributed by atoms with Gasteiger partial charge in [-0.05, 0) is 31.5 Å². The number of nitrogens with zero attached hydrogens (tertiary/aromatic N) is 6. The lowest BCUT2D eigenvalue weighted by molar-refractivity contribution is 0.0871. The molecule has 0 aliphatic heterocycles. The van der Waals surface area contributed by atoms with Crippen LogP contribution in [0.2, 0.25) is 0 Å². The molecule has 190 valence electrons. The number of benzene rings is 1. The highest BCUT2D eigenvalue weighted by Crippen LogP contribution is 2.32. The van der Waals surface area contributed by atoms with Gasteiger partial charge in [0.05, 0.1) is 17.3 Å². The molecule has 0 bridgehead atoms.